The van der Waals surface area contributed by atoms with Crippen molar-refractivity contribution in [1.82, 2.24) is 0 Å². The van der Waals surface area contributed by atoms with E-state index in [1.807, 2.05) is 0 Å². The van der Waals surface area contributed by atoms with Crippen LogP contribution in [0.2, 0.25) is 0 Å². The van der Waals surface area contributed by atoms with Gasteiger partial charge in [0.1, 0.15) is 24.3 Å². The third kappa shape index (κ3) is 13.7. The molecule has 0 aliphatic carbocycles. The average Bonchev–Trinajstić information content (AvgIpc) is 2.65. The Morgan fingerprint density at radius 1 is 0.577 bits per heavy atom. The smallest absolute Gasteiger partial charge is 0.303 e. The van der Waals surface area contributed by atoms with Gasteiger partial charge in [-0.3, -0.25) is 4.79 Å². The molecule has 0 spiro atoms. The van der Waals surface area contributed by atoms with Crippen molar-refractivity contribution in [3.8, 4) is 0 Å². The minimum Gasteiger partial charge on any atom is -0.481 e. The Morgan fingerprint density at radius 3 is 1.19 bits per heavy atom. The van der Waals surface area contributed by atoms with Crippen LogP contribution in [0.15, 0.2) is 0 Å². The second kappa shape index (κ2) is 16.9. The fraction of sp³-hybridized carbons (Fsp3) is 0.810. The normalized spacial score (nSPS) is 11.2. The van der Waals surface area contributed by atoms with Gasteiger partial charge in [-0.2, -0.15) is 0 Å². The predicted molar refractivity (Wildman–Crippen MR) is 102 cm³/mol. The molecule has 150 valence electrons. The van der Waals surface area contributed by atoms with E-state index in [1.54, 1.807) is 0 Å². The van der Waals surface area contributed by atoms with Gasteiger partial charge in [0.2, 0.25) is 0 Å². The van der Waals surface area contributed by atoms with Crippen molar-refractivity contribution in [2.24, 2.45) is 5.41 Å². The molecule has 0 heterocycles. The summed E-state index contributed by atoms with van der Waals surface area (Å²) in [6, 6.07) is 0. The molecular weight excluding hydrogens is 332 g/mol. The van der Waals surface area contributed by atoms with E-state index < -0.39 is 11.4 Å². The molecular formula is C21H36O5. The molecule has 5 nitrogen and oxygen atoms in total. The standard InChI is InChI=1S/C21H36O5/c22-17-21(18-23,19-24)16-14-12-10-8-6-4-2-1-3-5-7-9-11-13-15-20(25)26/h17-19H,1-16H2,(H,25,26). The molecule has 0 unspecified atom stereocenters. The topological polar surface area (TPSA) is 88.5 Å². The third-order valence-corrected chi connectivity index (χ3v) is 4.91. The lowest BCUT2D eigenvalue weighted by Gasteiger charge is -2.12. The number of hydrogen-bond acceptors (Lipinski definition) is 4. The molecule has 26 heavy (non-hydrogen) atoms. The Bertz CT molecular complexity index is 370. The van der Waals surface area contributed by atoms with Gasteiger partial charge in [-0.1, -0.05) is 83.5 Å². The summed E-state index contributed by atoms with van der Waals surface area (Å²) in [7, 11) is 0. The molecule has 0 aliphatic heterocycles. The summed E-state index contributed by atoms with van der Waals surface area (Å²) in [5, 5.41) is 8.54. The number of carboxylic acid groups (broad SMARTS) is 1. The highest BCUT2D eigenvalue weighted by atomic mass is 16.4. The number of aliphatic carboxylic acids is 1. The molecule has 0 aliphatic rings. The summed E-state index contributed by atoms with van der Waals surface area (Å²) in [5.41, 5.74) is -1.41. The lowest BCUT2D eigenvalue weighted by molar-refractivity contribution is -0.137. The number of rotatable bonds is 20. The van der Waals surface area contributed by atoms with Gasteiger partial charge in [-0.05, 0) is 12.8 Å². The van der Waals surface area contributed by atoms with Crippen molar-refractivity contribution in [1.29, 1.82) is 0 Å². The molecule has 1 N–H and O–H groups in total. The Labute approximate surface area is 157 Å². The van der Waals surface area contributed by atoms with E-state index in [4.69, 9.17) is 5.11 Å². The zero-order chi connectivity index (χ0) is 19.5. The van der Waals surface area contributed by atoms with Crippen LogP contribution in [0, 0.1) is 5.41 Å². The van der Waals surface area contributed by atoms with Gasteiger partial charge >= 0.3 is 5.97 Å². The van der Waals surface area contributed by atoms with Crippen molar-refractivity contribution >= 4 is 24.8 Å². The van der Waals surface area contributed by atoms with E-state index in [2.05, 4.69) is 0 Å². The first-order valence-corrected chi connectivity index (χ1v) is 10.2. The first-order valence-electron chi connectivity index (χ1n) is 10.2. The molecule has 0 atom stereocenters. The lowest BCUT2D eigenvalue weighted by Crippen LogP contribution is -2.26. The number of unbranched alkanes of at least 4 members (excludes halogenated alkanes) is 13. The zero-order valence-electron chi connectivity index (χ0n) is 16.1. The van der Waals surface area contributed by atoms with E-state index in [-0.39, 0.29) is 0 Å². The Hall–Kier alpha value is -1.52. The molecule has 0 aromatic carbocycles. The highest BCUT2D eigenvalue weighted by Crippen LogP contribution is 2.19. The number of hydrogen-bond donors (Lipinski definition) is 1. The quantitative estimate of drug-likeness (QED) is 0.188. The van der Waals surface area contributed by atoms with Crippen molar-refractivity contribution in [3.63, 3.8) is 0 Å². The van der Waals surface area contributed by atoms with Gasteiger partial charge in [-0.15, -0.1) is 0 Å². The van der Waals surface area contributed by atoms with Crippen LogP contribution in [0.1, 0.15) is 103 Å². The van der Waals surface area contributed by atoms with Crippen molar-refractivity contribution in [2.75, 3.05) is 0 Å². The Morgan fingerprint density at radius 2 is 0.885 bits per heavy atom. The summed E-state index contributed by atoms with van der Waals surface area (Å²) in [6.45, 7) is 0. The van der Waals surface area contributed by atoms with E-state index in [9.17, 15) is 19.2 Å². The van der Waals surface area contributed by atoms with E-state index in [1.165, 1.54) is 51.4 Å². The van der Waals surface area contributed by atoms with Gasteiger partial charge in [0, 0.05) is 6.42 Å². The SMILES string of the molecule is O=CC(C=O)(C=O)CCCCCCCCCCCCCCCCC(=O)O. The fourth-order valence-corrected chi connectivity index (χ4v) is 3.09. The van der Waals surface area contributed by atoms with Gasteiger partial charge in [-0.25, -0.2) is 0 Å². The molecule has 0 rings (SSSR count). The molecule has 0 bridgehead atoms. The second-order valence-electron chi connectivity index (χ2n) is 7.31. The van der Waals surface area contributed by atoms with Crippen molar-refractivity contribution < 1.29 is 24.3 Å². The van der Waals surface area contributed by atoms with Crippen LogP contribution in [0.25, 0.3) is 0 Å². The second-order valence-corrected chi connectivity index (χ2v) is 7.31. The fourth-order valence-electron chi connectivity index (χ4n) is 3.09. The number of carbonyl (C=O) groups excluding carboxylic acids is 3. The van der Waals surface area contributed by atoms with Gasteiger partial charge in [0.15, 0.2) is 0 Å². The maximum absolute atomic E-state index is 10.8. The number of aldehydes is 3. The first kappa shape index (κ1) is 24.5. The van der Waals surface area contributed by atoms with E-state index in [0.717, 1.165) is 38.5 Å². The largest absolute Gasteiger partial charge is 0.481 e. The highest BCUT2D eigenvalue weighted by Gasteiger charge is 2.27. The predicted octanol–water partition coefficient (Wildman–Crippen LogP) is 4.90. The monoisotopic (exact) mass is 368 g/mol. The van der Waals surface area contributed by atoms with Crippen LogP contribution in [-0.4, -0.2) is 29.9 Å². The van der Waals surface area contributed by atoms with Crippen molar-refractivity contribution in [2.45, 2.75) is 103 Å². The zero-order valence-corrected chi connectivity index (χ0v) is 16.1. The van der Waals surface area contributed by atoms with Gasteiger partial charge < -0.3 is 19.5 Å². The molecule has 0 fully saturated rings. The Balaban J connectivity index is 3.27. The lowest BCUT2D eigenvalue weighted by atomic mass is 9.87. The molecule has 0 amide bonds. The summed E-state index contributed by atoms with van der Waals surface area (Å²) < 4.78 is 0. The maximum atomic E-state index is 10.8. The van der Waals surface area contributed by atoms with Crippen molar-refractivity contribution in [3.05, 3.63) is 0 Å². The first-order chi connectivity index (χ1) is 12.6. The molecule has 0 aromatic rings. The number of carboxylic acids is 1. The molecule has 0 aromatic heterocycles. The summed E-state index contributed by atoms with van der Waals surface area (Å²) in [6.07, 6.45) is 17.7. The summed E-state index contributed by atoms with van der Waals surface area (Å²) in [4.78, 5) is 42.8. The summed E-state index contributed by atoms with van der Waals surface area (Å²) >= 11 is 0. The van der Waals surface area contributed by atoms with Gasteiger partial charge in [0.05, 0.1) is 0 Å². The molecule has 0 saturated carbocycles. The van der Waals surface area contributed by atoms with Crippen LogP contribution in [0.5, 0.6) is 0 Å². The minimum absolute atomic E-state index is 0.298. The van der Waals surface area contributed by atoms with Gasteiger partial charge in [0.25, 0.3) is 0 Å². The minimum atomic E-state index is -1.41. The third-order valence-electron chi connectivity index (χ3n) is 4.91. The molecule has 5 heteroatoms. The van der Waals surface area contributed by atoms with Crippen LogP contribution < -0.4 is 0 Å². The van der Waals surface area contributed by atoms with E-state index in [0.29, 0.717) is 31.7 Å². The highest BCUT2D eigenvalue weighted by molar-refractivity contribution is 6.01. The summed E-state index contributed by atoms with van der Waals surface area (Å²) in [5.74, 6) is -0.694. The van der Waals surface area contributed by atoms with E-state index >= 15 is 0 Å². The number of carbonyl (C=O) groups is 4. The maximum Gasteiger partial charge on any atom is 0.303 e. The molecule has 0 radical (unpaired) electrons. The van der Waals surface area contributed by atoms with Crippen LogP contribution in [0.3, 0.4) is 0 Å². The van der Waals surface area contributed by atoms with Crippen LogP contribution in [-0.2, 0) is 19.2 Å². The molecule has 0 saturated heterocycles. The average molecular weight is 369 g/mol. The Kier molecular flexibility index (Phi) is 15.9. The van der Waals surface area contributed by atoms with Crippen LogP contribution in [0.4, 0.5) is 0 Å². The van der Waals surface area contributed by atoms with Crippen LogP contribution >= 0.6 is 0 Å².